The number of hydrogen-bond donors (Lipinski definition) is 2. The Hall–Kier alpha value is -2.44. The van der Waals surface area contributed by atoms with Crippen molar-refractivity contribution in [1.29, 1.82) is 0 Å². The number of carbonyl (C=O) groups is 1. The van der Waals surface area contributed by atoms with Gasteiger partial charge in [0.2, 0.25) is 0 Å². The standard InChI is InChI=1S/C18H19N3O2S/c1-12-5-3-4-6-14(12)15-11-16(21(20-15)8-9-22)19-18(23)17-13(2)7-10-24-17/h3-7,10-11,22H,8-9H2,1-2H3,(H,19,23). The molecule has 0 fully saturated rings. The number of aromatic nitrogens is 2. The molecule has 5 nitrogen and oxygen atoms in total. The van der Waals surface area contributed by atoms with Gasteiger partial charge in [-0.2, -0.15) is 5.10 Å². The fourth-order valence-electron chi connectivity index (χ4n) is 2.55. The molecule has 3 rings (SSSR count). The Morgan fingerprint density at radius 1 is 1.25 bits per heavy atom. The van der Waals surface area contributed by atoms with E-state index in [0.29, 0.717) is 17.2 Å². The first-order valence-corrected chi connectivity index (χ1v) is 8.58. The molecule has 2 N–H and O–H groups in total. The molecule has 124 valence electrons. The normalized spacial score (nSPS) is 10.8. The van der Waals surface area contributed by atoms with Crippen LogP contribution in [-0.2, 0) is 6.54 Å². The Kier molecular flexibility index (Phi) is 4.78. The lowest BCUT2D eigenvalue weighted by molar-refractivity contribution is 0.102. The van der Waals surface area contributed by atoms with Crippen molar-refractivity contribution in [2.75, 3.05) is 11.9 Å². The molecule has 1 aromatic carbocycles. The zero-order chi connectivity index (χ0) is 17.1. The molecular weight excluding hydrogens is 322 g/mol. The van der Waals surface area contributed by atoms with Gasteiger partial charge in [0.05, 0.1) is 23.7 Å². The highest BCUT2D eigenvalue weighted by atomic mass is 32.1. The number of nitrogens with one attached hydrogen (secondary N) is 1. The van der Waals surface area contributed by atoms with Gasteiger partial charge < -0.3 is 10.4 Å². The molecule has 0 bridgehead atoms. The Morgan fingerprint density at radius 3 is 2.71 bits per heavy atom. The number of benzene rings is 1. The summed E-state index contributed by atoms with van der Waals surface area (Å²) in [7, 11) is 0. The summed E-state index contributed by atoms with van der Waals surface area (Å²) < 4.78 is 1.63. The van der Waals surface area contributed by atoms with E-state index >= 15 is 0 Å². The molecule has 0 aliphatic carbocycles. The summed E-state index contributed by atoms with van der Waals surface area (Å²) in [6, 6.07) is 11.7. The van der Waals surface area contributed by atoms with Crippen LogP contribution in [0.3, 0.4) is 0 Å². The Labute approximate surface area is 144 Å². The third kappa shape index (κ3) is 3.25. The van der Waals surface area contributed by atoms with E-state index in [-0.39, 0.29) is 12.5 Å². The smallest absolute Gasteiger partial charge is 0.267 e. The Morgan fingerprint density at radius 2 is 2.04 bits per heavy atom. The van der Waals surface area contributed by atoms with Gasteiger partial charge in [0.25, 0.3) is 5.91 Å². The molecule has 1 amide bonds. The van der Waals surface area contributed by atoms with Crippen molar-refractivity contribution in [2.45, 2.75) is 20.4 Å². The number of nitrogens with zero attached hydrogens (tertiary/aromatic N) is 2. The average molecular weight is 341 g/mol. The first-order valence-electron chi connectivity index (χ1n) is 7.70. The van der Waals surface area contributed by atoms with Crippen LogP contribution in [0.5, 0.6) is 0 Å². The predicted octanol–water partition coefficient (Wildman–Crippen LogP) is 3.47. The molecule has 0 unspecified atom stereocenters. The fraction of sp³-hybridized carbons (Fsp3) is 0.222. The molecule has 0 saturated carbocycles. The number of hydrogen-bond acceptors (Lipinski definition) is 4. The highest BCUT2D eigenvalue weighted by molar-refractivity contribution is 7.12. The minimum Gasteiger partial charge on any atom is -0.394 e. The monoisotopic (exact) mass is 341 g/mol. The van der Waals surface area contributed by atoms with E-state index in [1.807, 2.05) is 55.6 Å². The van der Waals surface area contributed by atoms with Crippen LogP contribution in [-0.4, -0.2) is 27.4 Å². The van der Waals surface area contributed by atoms with Crippen LogP contribution >= 0.6 is 11.3 Å². The first-order chi connectivity index (χ1) is 11.6. The largest absolute Gasteiger partial charge is 0.394 e. The third-order valence-corrected chi connectivity index (χ3v) is 4.84. The van der Waals surface area contributed by atoms with Crippen molar-refractivity contribution in [3.63, 3.8) is 0 Å². The van der Waals surface area contributed by atoms with Gasteiger partial charge in [-0.3, -0.25) is 4.79 Å². The van der Waals surface area contributed by atoms with Crippen LogP contribution in [0, 0.1) is 13.8 Å². The van der Waals surface area contributed by atoms with Crippen LogP contribution in [0.15, 0.2) is 41.8 Å². The average Bonchev–Trinajstić information content (AvgIpc) is 3.15. The van der Waals surface area contributed by atoms with Crippen LogP contribution in [0.2, 0.25) is 0 Å². The van der Waals surface area contributed by atoms with Crippen molar-refractivity contribution < 1.29 is 9.90 Å². The maximum atomic E-state index is 12.5. The van der Waals surface area contributed by atoms with Crippen LogP contribution in [0.1, 0.15) is 20.8 Å². The Bertz CT molecular complexity index is 867. The summed E-state index contributed by atoms with van der Waals surface area (Å²) in [4.78, 5) is 13.1. The lowest BCUT2D eigenvalue weighted by Crippen LogP contribution is -2.16. The summed E-state index contributed by atoms with van der Waals surface area (Å²) in [5.74, 6) is 0.429. The molecule has 0 aliphatic rings. The molecule has 0 radical (unpaired) electrons. The molecule has 24 heavy (non-hydrogen) atoms. The third-order valence-electron chi connectivity index (χ3n) is 3.82. The maximum absolute atomic E-state index is 12.5. The quantitative estimate of drug-likeness (QED) is 0.747. The van der Waals surface area contributed by atoms with Gasteiger partial charge >= 0.3 is 0 Å². The van der Waals surface area contributed by atoms with Crippen molar-refractivity contribution >= 4 is 23.1 Å². The molecule has 6 heteroatoms. The van der Waals surface area contributed by atoms with Gasteiger partial charge in [-0.15, -0.1) is 11.3 Å². The number of amides is 1. The SMILES string of the molecule is Cc1ccccc1-c1cc(NC(=O)c2sccc2C)n(CCO)n1. The van der Waals surface area contributed by atoms with Crippen LogP contribution in [0.4, 0.5) is 5.82 Å². The first kappa shape index (κ1) is 16.4. The zero-order valence-corrected chi connectivity index (χ0v) is 14.4. The zero-order valence-electron chi connectivity index (χ0n) is 13.6. The molecule has 0 saturated heterocycles. The van der Waals surface area contributed by atoms with Crippen molar-refractivity contribution in [3.05, 3.63) is 57.8 Å². The van der Waals surface area contributed by atoms with E-state index in [0.717, 1.165) is 22.4 Å². The minimum absolute atomic E-state index is 0.0458. The highest BCUT2D eigenvalue weighted by Crippen LogP contribution is 2.26. The number of aliphatic hydroxyl groups is 1. The van der Waals surface area contributed by atoms with Crippen molar-refractivity contribution in [1.82, 2.24) is 9.78 Å². The van der Waals surface area contributed by atoms with Crippen LogP contribution < -0.4 is 5.32 Å². The van der Waals surface area contributed by atoms with E-state index in [9.17, 15) is 9.90 Å². The minimum atomic E-state index is -0.155. The second kappa shape index (κ2) is 6.98. The summed E-state index contributed by atoms with van der Waals surface area (Å²) in [5, 5.41) is 18.6. The number of thiophene rings is 1. The number of aryl methyl sites for hydroxylation is 2. The highest BCUT2D eigenvalue weighted by Gasteiger charge is 2.16. The van der Waals surface area contributed by atoms with E-state index in [2.05, 4.69) is 10.4 Å². The van der Waals surface area contributed by atoms with Crippen molar-refractivity contribution in [3.8, 4) is 11.3 Å². The van der Waals surface area contributed by atoms with E-state index in [4.69, 9.17) is 0 Å². The molecule has 2 aromatic heterocycles. The maximum Gasteiger partial charge on any atom is 0.267 e. The van der Waals surface area contributed by atoms with Crippen LogP contribution in [0.25, 0.3) is 11.3 Å². The predicted molar refractivity (Wildman–Crippen MR) is 96.5 cm³/mol. The topological polar surface area (TPSA) is 67.2 Å². The second-order valence-electron chi connectivity index (χ2n) is 5.56. The molecule has 0 atom stereocenters. The molecule has 0 aliphatic heterocycles. The summed E-state index contributed by atoms with van der Waals surface area (Å²) >= 11 is 1.41. The van der Waals surface area contributed by atoms with Gasteiger partial charge in [0.1, 0.15) is 5.82 Å². The number of aliphatic hydroxyl groups excluding tert-OH is 1. The lowest BCUT2D eigenvalue weighted by Gasteiger charge is -2.07. The summed E-state index contributed by atoms with van der Waals surface area (Å²) in [6.45, 7) is 4.21. The second-order valence-corrected chi connectivity index (χ2v) is 6.48. The van der Waals surface area contributed by atoms with Gasteiger partial charge in [-0.05, 0) is 36.4 Å². The fourth-order valence-corrected chi connectivity index (χ4v) is 3.37. The van der Waals surface area contributed by atoms with Gasteiger partial charge in [0, 0.05) is 11.6 Å². The van der Waals surface area contributed by atoms with Gasteiger partial charge in [-0.25, -0.2) is 4.68 Å². The summed E-state index contributed by atoms with van der Waals surface area (Å²) in [6.07, 6.45) is 0. The molecule has 0 spiro atoms. The van der Waals surface area contributed by atoms with E-state index in [1.165, 1.54) is 11.3 Å². The molecule has 2 heterocycles. The summed E-state index contributed by atoms with van der Waals surface area (Å²) in [5.41, 5.74) is 3.85. The van der Waals surface area contributed by atoms with Gasteiger partial charge in [-0.1, -0.05) is 24.3 Å². The van der Waals surface area contributed by atoms with Gasteiger partial charge in [0.15, 0.2) is 0 Å². The number of rotatable bonds is 5. The number of carbonyl (C=O) groups excluding carboxylic acids is 1. The lowest BCUT2D eigenvalue weighted by atomic mass is 10.1. The molecular formula is C18H19N3O2S. The molecule has 3 aromatic rings. The number of anilines is 1. The van der Waals surface area contributed by atoms with Crippen molar-refractivity contribution in [2.24, 2.45) is 0 Å². The van der Waals surface area contributed by atoms with E-state index < -0.39 is 0 Å². The Balaban J connectivity index is 1.94. The van der Waals surface area contributed by atoms with E-state index in [1.54, 1.807) is 4.68 Å².